The van der Waals surface area contributed by atoms with Crippen molar-refractivity contribution < 1.29 is 8.42 Å². The minimum absolute atomic E-state index is 0.262. The Bertz CT molecular complexity index is 229. The van der Waals surface area contributed by atoms with Crippen LogP contribution in [0.2, 0.25) is 0 Å². The second-order valence-electron chi connectivity index (χ2n) is 3.86. The molecule has 0 aromatic heterocycles. The quantitative estimate of drug-likeness (QED) is 0.700. The van der Waals surface area contributed by atoms with E-state index in [1.165, 1.54) is 19.1 Å². The molecule has 0 aliphatic heterocycles. The van der Waals surface area contributed by atoms with Crippen LogP contribution in [0.1, 0.15) is 19.8 Å². The molecule has 3 nitrogen and oxygen atoms in total. The molecule has 4 heteroatoms. The molecule has 0 amide bonds. The van der Waals surface area contributed by atoms with Gasteiger partial charge in [0, 0.05) is 18.8 Å². The third-order valence-corrected chi connectivity index (χ3v) is 3.23. The average molecular weight is 191 g/mol. The summed E-state index contributed by atoms with van der Waals surface area (Å²) in [6, 6.07) is 0.571. The second kappa shape index (κ2) is 3.75. The molecule has 1 fully saturated rings. The summed E-state index contributed by atoms with van der Waals surface area (Å²) in [6.45, 7) is 2.82. The number of hydrogen-bond donors (Lipinski definition) is 1. The van der Waals surface area contributed by atoms with Gasteiger partial charge < -0.3 is 5.32 Å². The van der Waals surface area contributed by atoms with E-state index in [1.54, 1.807) is 0 Å². The molecular formula is C8H17NO2S. The fourth-order valence-electron chi connectivity index (χ4n) is 1.52. The van der Waals surface area contributed by atoms with Gasteiger partial charge in [0.25, 0.3) is 0 Å². The summed E-state index contributed by atoms with van der Waals surface area (Å²) in [7, 11) is -2.78. The Balaban J connectivity index is 2.04. The van der Waals surface area contributed by atoms with Gasteiger partial charge in [0.05, 0.1) is 5.75 Å². The van der Waals surface area contributed by atoms with Crippen LogP contribution in [-0.4, -0.2) is 33.0 Å². The minimum atomic E-state index is -2.78. The largest absolute Gasteiger partial charge is 0.313 e. The molecule has 12 heavy (non-hydrogen) atoms. The van der Waals surface area contributed by atoms with Gasteiger partial charge in [-0.05, 0) is 18.8 Å². The number of rotatable bonds is 4. The fourth-order valence-corrected chi connectivity index (χ4v) is 2.01. The lowest BCUT2D eigenvalue weighted by molar-refractivity contribution is 0.245. The van der Waals surface area contributed by atoms with E-state index in [-0.39, 0.29) is 5.75 Å². The first-order valence-electron chi connectivity index (χ1n) is 4.38. The van der Waals surface area contributed by atoms with Gasteiger partial charge in [0.15, 0.2) is 0 Å². The maximum absolute atomic E-state index is 10.7. The summed E-state index contributed by atoms with van der Waals surface area (Å²) in [5.41, 5.74) is 0. The van der Waals surface area contributed by atoms with Crippen LogP contribution in [0.25, 0.3) is 0 Å². The first-order valence-corrected chi connectivity index (χ1v) is 6.44. The van der Waals surface area contributed by atoms with Crippen molar-refractivity contribution in [1.82, 2.24) is 5.32 Å². The van der Waals surface area contributed by atoms with Crippen LogP contribution in [-0.2, 0) is 9.84 Å². The molecular weight excluding hydrogens is 174 g/mol. The Labute approximate surface area is 74.5 Å². The Hall–Kier alpha value is -0.0900. The van der Waals surface area contributed by atoms with Crippen LogP contribution in [0.4, 0.5) is 0 Å². The van der Waals surface area contributed by atoms with Gasteiger partial charge in [-0.1, -0.05) is 6.92 Å². The predicted octanol–water partition coefficient (Wildman–Crippen LogP) is 0.419. The molecule has 0 aromatic carbocycles. The first-order chi connectivity index (χ1) is 5.47. The first kappa shape index (κ1) is 9.99. The van der Waals surface area contributed by atoms with E-state index in [1.807, 2.05) is 0 Å². The lowest BCUT2D eigenvalue weighted by Crippen LogP contribution is -2.41. The summed E-state index contributed by atoms with van der Waals surface area (Å²) >= 11 is 0. The zero-order valence-corrected chi connectivity index (χ0v) is 8.52. The van der Waals surface area contributed by atoms with Crippen molar-refractivity contribution in [1.29, 1.82) is 0 Å². The van der Waals surface area contributed by atoms with E-state index < -0.39 is 9.84 Å². The molecule has 0 saturated heterocycles. The Morgan fingerprint density at radius 2 is 2.00 bits per heavy atom. The van der Waals surface area contributed by atoms with Crippen LogP contribution < -0.4 is 5.32 Å². The highest BCUT2D eigenvalue weighted by Crippen LogP contribution is 2.25. The molecule has 1 rings (SSSR count). The highest BCUT2D eigenvalue weighted by Gasteiger charge is 2.24. The maximum atomic E-state index is 10.7. The number of sulfone groups is 1. The molecule has 1 aliphatic carbocycles. The summed E-state index contributed by atoms with van der Waals surface area (Å²) in [4.78, 5) is 0. The summed E-state index contributed by atoms with van der Waals surface area (Å²) in [5, 5.41) is 3.23. The molecule has 0 bridgehead atoms. The highest BCUT2D eigenvalue weighted by molar-refractivity contribution is 7.90. The van der Waals surface area contributed by atoms with Crippen LogP contribution in [0, 0.1) is 5.92 Å². The molecule has 0 spiro atoms. The standard InChI is InChI=1S/C8H17NO2S/c1-7-5-8(6-7)9-3-4-12(2,10)11/h7-9H,3-6H2,1-2H3. The molecule has 0 radical (unpaired) electrons. The maximum Gasteiger partial charge on any atom is 0.148 e. The van der Waals surface area contributed by atoms with Crippen molar-refractivity contribution in [2.75, 3.05) is 18.6 Å². The van der Waals surface area contributed by atoms with Gasteiger partial charge in [0.1, 0.15) is 9.84 Å². The SMILES string of the molecule is CC1CC(NCCS(C)(=O)=O)C1. The van der Waals surface area contributed by atoms with E-state index in [4.69, 9.17) is 0 Å². The van der Waals surface area contributed by atoms with Crippen LogP contribution in [0.15, 0.2) is 0 Å². The van der Waals surface area contributed by atoms with E-state index in [2.05, 4.69) is 12.2 Å². The van der Waals surface area contributed by atoms with Gasteiger partial charge in [-0.3, -0.25) is 0 Å². The van der Waals surface area contributed by atoms with Crippen molar-refractivity contribution in [3.05, 3.63) is 0 Å². The number of nitrogens with one attached hydrogen (secondary N) is 1. The normalized spacial score (nSPS) is 29.8. The molecule has 0 atom stereocenters. The number of hydrogen-bond acceptors (Lipinski definition) is 3. The molecule has 72 valence electrons. The lowest BCUT2D eigenvalue weighted by Gasteiger charge is -2.33. The van der Waals surface area contributed by atoms with Gasteiger partial charge >= 0.3 is 0 Å². The van der Waals surface area contributed by atoms with Gasteiger partial charge in [0.2, 0.25) is 0 Å². The van der Waals surface area contributed by atoms with E-state index in [9.17, 15) is 8.42 Å². The average Bonchev–Trinajstić information content (AvgIpc) is 1.81. The molecule has 1 N–H and O–H groups in total. The molecule has 0 heterocycles. The molecule has 0 aromatic rings. The predicted molar refractivity (Wildman–Crippen MR) is 49.9 cm³/mol. The van der Waals surface area contributed by atoms with E-state index >= 15 is 0 Å². The van der Waals surface area contributed by atoms with E-state index in [0.29, 0.717) is 12.6 Å². The van der Waals surface area contributed by atoms with Crippen LogP contribution in [0.3, 0.4) is 0 Å². The van der Waals surface area contributed by atoms with Crippen molar-refractivity contribution in [2.45, 2.75) is 25.8 Å². The molecule has 0 unspecified atom stereocenters. The third kappa shape index (κ3) is 3.54. The zero-order valence-electron chi connectivity index (χ0n) is 7.71. The van der Waals surface area contributed by atoms with Crippen molar-refractivity contribution in [2.24, 2.45) is 5.92 Å². The Morgan fingerprint density at radius 3 is 2.42 bits per heavy atom. The summed E-state index contributed by atoms with van der Waals surface area (Å²) < 4.78 is 21.5. The summed E-state index contributed by atoms with van der Waals surface area (Å²) in [6.07, 6.45) is 3.67. The second-order valence-corrected chi connectivity index (χ2v) is 6.12. The smallest absolute Gasteiger partial charge is 0.148 e. The van der Waals surface area contributed by atoms with Crippen LogP contribution in [0.5, 0.6) is 0 Å². The molecule has 1 aliphatic rings. The van der Waals surface area contributed by atoms with Gasteiger partial charge in [-0.2, -0.15) is 0 Å². The lowest BCUT2D eigenvalue weighted by atomic mass is 9.82. The Kier molecular flexibility index (Phi) is 3.12. The topological polar surface area (TPSA) is 46.2 Å². The zero-order chi connectivity index (χ0) is 9.19. The van der Waals surface area contributed by atoms with Gasteiger partial charge in [-0.15, -0.1) is 0 Å². The third-order valence-electron chi connectivity index (χ3n) is 2.28. The fraction of sp³-hybridized carbons (Fsp3) is 1.00. The minimum Gasteiger partial charge on any atom is -0.313 e. The molecule has 1 saturated carbocycles. The Morgan fingerprint density at radius 1 is 1.42 bits per heavy atom. The monoisotopic (exact) mass is 191 g/mol. The highest BCUT2D eigenvalue weighted by atomic mass is 32.2. The summed E-state index contributed by atoms with van der Waals surface area (Å²) in [5.74, 6) is 1.08. The van der Waals surface area contributed by atoms with Gasteiger partial charge in [-0.25, -0.2) is 8.42 Å². The van der Waals surface area contributed by atoms with Crippen molar-refractivity contribution in [3.8, 4) is 0 Å². The van der Waals surface area contributed by atoms with Crippen molar-refractivity contribution in [3.63, 3.8) is 0 Å². The van der Waals surface area contributed by atoms with Crippen molar-refractivity contribution >= 4 is 9.84 Å². The van der Waals surface area contributed by atoms with E-state index in [0.717, 1.165) is 5.92 Å². The van der Waals surface area contributed by atoms with Crippen LogP contribution >= 0.6 is 0 Å².